The quantitative estimate of drug-likeness (QED) is 0.306. The maximum Gasteiger partial charge on any atom is 0.598 e. The van der Waals surface area contributed by atoms with Crippen molar-refractivity contribution in [2.75, 3.05) is 0 Å². The molecule has 0 aliphatic heterocycles. The lowest BCUT2D eigenvalue weighted by molar-refractivity contribution is 0.561. The van der Waals surface area contributed by atoms with Crippen LogP contribution in [0.5, 0.6) is 0 Å². The van der Waals surface area contributed by atoms with Gasteiger partial charge in [-0.05, 0) is 50.3 Å². The highest BCUT2D eigenvalue weighted by Gasteiger charge is 2.26. The van der Waals surface area contributed by atoms with Crippen molar-refractivity contribution in [3.05, 3.63) is 82.9 Å². The van der Waals surface area contributed by atoms with Crippen LogP contribution in [0.1, 0.15) is 63.8 Å². The smallest absolute Gasteiger partial charge is 0.250 e. The summed E-state index contributed by atoms with van der Waals surface area (Å²) < 4.78 is 19.3. The molecule has 0 aliphatic rings. The summed E-state index contributed by atoms with van der Waals surface area (Å²) in [5.74, 6) is 0. The summed E-state index contributed by atoms with van der Waals surface area (Å²) in [6, 6.07) is 21.2. The molecule has 4 aromatic rings. The molecule has 1 heterocycles. The Balaban J connectivity index is 2.06. The largest absolute Gasteiger partial charge is 0.598 e. The lowest BCUT2D eigenvalue weighted by Gasteiger charge is -2.21. The molecule has 0 bridgehead atoms. The summed E-state index contributed by atoms with van der Waals surface area (Å²) in [6.45, 7) is 13.2. The first-order valence-electron chi connectivity index (χ1n) is 10.6. The average molecular weight is 418 g/mol. The molecule has 2 nitrogen and oxygen atoms in total. The molecule has 1 aromatic heterocycles. The number of fused-ring (bicyclic) bond motifs is 3. The first-order chi connectivity index (χ1) is 14.0. The van der Waals surface area contributed by atoms with Gasteiger partial charge in [-0.1, -0.05) is 84.0 Å². The average Bonchev–Trinajstić information content (AvgIpc) is 2.66. The van der Waals surface area contributed by atoms with Crippen LogP contribution in [-0.2, 0) is 21.8 Å². The third kappa shape index (κ3) is 3.94. The van der Waals surface area contributed by atoms with Crippen LogP contribution in [0.4, 0.5) is 0 Å². The SMILES string of the molecule is CC(C)(C)c1ccc2c(c1)o[p+](=O)c1c(Cc3ccccc3)cc(C(C)(C)C)cc21. The van der Waals surface area contributed by atoms with Gasteiger partial charge in [-0.25, -0.2) is 4.20 Å². The van der Waals surface area contributed by atoms with Gasteiger partial charge in [0.15, 0.2) is 5.58 Å². The van der Waals surface area contributed by atoms with E-state index in [4.69, 9.17) is 4.20 Å². The molecule has 0 amide bonds. The van der Waals surface area contributed by atoms with Crippen molar-refractivity contribution < 1.29 is 8.76 Å². The van der Waals surface area contributed by atoms with Gasteiger partial charge in [-0.2, -0.15) is 0 Å². The predicted molar refractivity (Wildman–Crippen MR) is 128 cm³/mol. The van der Waals surface area contributed by atoms with Crippen LogP contribution in [0.2, 0.25) is 0 Å². The summed E-state index contributed by atoms with van der Waals surface area (Å²) in [7, 11) is -1.96. The van der Waals surface area contributed by atoms with Crippen molar-refractivity contribution in [3.63, 3.8) is 0 Å². The van der Waals surface area contributed by atoms with Crippen molar-refractivity contribution in [2.45, 2.75) is 58.8 Å². The summed E-state index contributed by atoms with van der Waals surface area (Å²) in [4.78, 5) is 0. The number of rotatable bonds is 2. The van der Waals surface area contributed by atoms with Gasteiger partial charge in [0.25, 0.3) is 0 Å². The van der Waals surface area contributed by atoms with Gasteiger partial charge >= 0.3 is 7.65 Å². The fourth-order valence-electron chi connectivity index (χ4n) is 3.92. The van der Waals surface area contributed by atoms with E-state index >= 15 is 0 Å². The van der Waals surface area contributed by atoms with Crippen LogP contribution < -0.4 is 0 Å². The normalized spacial score (nSPS) is 13.2. The third-order valence-corrected chi connectivity index (χ3v) is 7.05. The molecule has 0 fully saturated rings. The molecule has 0 saturated carbocycles. The van der Waals surface area contributed by atoms with Crippen LogP contribution in [0, 0.1) is 0 Å². The first kappa shape index (κ1) is 20.8. The first-order valence-corrected chi connectivity index (χ1v) is 11.7. The van der Waals surface area contributed by atoms with E-state index in [0.29, 0.717) is 0 Å². The Kier molecular flexibility index (Phi) is 5.11. The zero-order chi connectivity index (χ0) is 21.7. The molecular weight excluding hydrogens is 387 g/mol. The second kappa shape index (κ2) is 7.36. The highest BCUT2D eigenvalue weighted by molar-refractivity contribution is 7.37. The molecule has 4 rings (SSSR count). The summed E-state index contributed by atoms with van der Waals surface area (Å²) in [6.07, 6.45) is 0.743. The van der Waals surface area contributed by atoms with Gasteiger partial charge in [0.05, 0.1) is 0 Å². The zero-order valence-electron chi connectivity index (χ0n) is 18.7. The fourth-order valence-corrected chi connectivity index (χ4v) is 5.10. The van der Waals surface area contributed by atoms with Crippen LogP contribution in [0.25, 0.3) is 21.5 Å². The van der Waals surface area contributed by atoms with E-state index in [0.717, 1.165) is 33.5 Å². The molecule has 0 aliphatic carbocycles. The third-order valence-electron chi connectivity index (χ3n) is 5.79. The molecule has 3 aromatic carbocycles. The summed E-state index contributed by atoms with van der Waals surface area (Å²) in [5.41, 5.74) is 5.48. The van der Waals surface area contributed by atoms with Crippen LogP contribution in [0.15, 0.2) is 64.9 Å². The number of hydrogen-bond donors (Lipinski definition) is 0. The van der Waals surface area contributed by atoms with E-state index in [-0.39, 0.29) is 10.8 Å². The second-order valence-electron chi connectivity index (χ2n) is 10.3. The summed E-state index contributed by atoms with van der Waals surface area (Å²) >= 11 is 0. The van der Waals surface area contributed by atoms with E-state index in [1.54, 1.807) is 0 Å². The van der Waals surface area contributed by atoms with Crippen molar-refractivity contribution in [1.82, 2.24) is 0 Å². The Labute approximate surface area is 179 Å². The molecule has 3 heteroatoms. The monoisotopic (exact) mass is 417 g/mol. The minimum atomic E-state index is -1.96. The minimum Gasteiger partial charge on any atom is -0.250 e. The van der Waals surface area contributed by atoms with Gasteiger partial charge in [0, 0.05) is 22.8 Å². The van der Waals surface area contributed by atoms with Gasteiger partial charge < -0.3 is 0 Å². The lowest BCUT2D eigenvalue weighted by Crippen LogP contribution is -2.12. The van der Waals surface area contributed by atoms with Crippen LogP contribution in [-0.4, -0.2) is 0 Å². The number of benzene rings is 3. The maximum absolute atomic E-state index is 13.3. The van der Waals surface area contributed by atoms with Crippen LogP contribution >= 0.6 is 7.65 Å². The van der Waals surface area contributed by atoms with E-state index in [1.807, 2.05) is 6.07 Å². The maximum atomic E-state index is 13.3. The molecular formula is C27H30O2P+. The molecule has 0 saturated heterocycles. The minimum absolute atomic E-state index is 0.00404. The Morgan fingerprint density at radius 2 is 1.43 bits per heavy atom. The Morgan fingerprint density at radius 3 is 2.07 bits per heavy atom. The Bertz CT molecular complexity index is 1290. The van der Waals surface area contributed by atoms with Crippen molar-refractivity contribution in [2.24, 2.45) is 0 Å². The zero-order valence-corrected chi connectivity index (χ0v) is 19.6. The molecule has 1 atom stereocenters. The molecule has 30 heavy (non-hydrogen) atoms. The highest BCUT2D eigenvalue weighted by atomic mass is 31.1. The second-order valence-corrected chi connectivity index (χ2v) is 11.4. The van der Waals surface area contributed by atoms with Gasteiger partial charge in [0.2, 0.25) is 5.12 Å². The molecule has 0 radical (unpaired) electrons. The van der Waals surface area contributed by atoms with Crippen molar-refractivity contribution >= 4 is 29.1 Å². The Hall–Kier alpha value is -2.44. The predicted octanol–water partition coefficient (Wildman–Crippen LogP) is 8.51. The van der Waals surface area contributed by atoms with Crippen molar-refractivity contribution in [1.29, 1.82) is 0 Å². The van der Waals surface area contributed by atoms with Crippen LogP contribution in [0.3, 0.4) is 0 Å². The summed E-state index contributed by atoms with van der Waals surface area (Å²) in [5, 5.41) is 2.93. The van der Waals surface area contributed by atoms with E-state index in [9.17, 15) is 4.57 Å². The fraction of sp³-hybridized carbons (Fsp3) is 0.333. The highest BCUT2D eigenvalue weighted by Crippen LogP contribution is 2.42. The van der Waals surface area contributed by atoms with Gasteiger partial charge in [-0.3, -0.25) is 0 Å². The van der Waals surface area contributed by atoms with E-state index < -0.39 is 7.65 Å². The van der Waals surface area contributed by atoms with Crippen molar-refractivity contribution in [3.8, 4) is 0 Å². The molecule has 0 N–H and O–H groups in total. The lowest BCUT2D eigenvalue weighted by atomic mass is 9.84. The van der Waals surface area contributed by atoms with Gasteiger partial charge in [-0.15, -0.1) is 0 Å². The Morgan fingerprint density at radius 1 is 0.767 bits per heavy atom. The number of hydrogen-bond acceptors (Lipinski definition) is 2. The van der Waals surface area contributed by atoms with E-state index in [2.05, 4.69) is 96.1 Å². The standard InChI is InChI=1S/C27H30O2P/c1-26(2,3)20-12-13-22-23-16-21(27(4,5)6)15-19(14-18-10-8-7-9-11-18)25(23)30(28)29-24(22)17-20/h7-13,15-17H,14H2,1-6H3/q+1. The topological polar surface area (TPSA) is 30.2 Å². The van der Waals surface area contributed by atoms with Gasteiger partial charge in [0.1, 0.15) is 0 Å². The molecule has 154 valence electrons. The molecule has 0 spiro atoms. The van der Waals surface area contributed by atoms with E-state index in [1.165, 1.54) is 16.7 Å². The molecule has 1 unspecified atom stereocenters.